The average Bonchev–Trinajstić information content (AvgIpc) is 2.41. The van der Waals surface area contributed by atoms with E-state index in [4.69, 9.17) is 5.11 Å². The van der Waals surface area contributed by atoms with Crippen molar-refractivity contribution in [3.05, 3.63) is 29.6 Å². The average molecular weight is 315 g/mol. The number of rotatable bonds is 3. The molecule has 116 valence electrons. The molecule has 1 aliphatic rings. The molecule has 1 saturated heterocycles. The van der Waals surface area contributed by atoms with Gasteiger partial charge in [0.2, 0.25) is 10.0 Å². The van der Waals surface area contributed by atoms with Crippen LogP contribution in [-0.4, -0.2) is 36.9 Å². The van der Waals surface area contributed by atoms with Gasteiger partial charge in [-0.25, -0.2) is 12.8 Å². The molecule has 1 aromatic rings. The molecule has 1 aliphatic heterocycles. The summed E-state index contributed by atoms with van der Waals surface area (Å²) in [6.45, 7) is 3.48. The Hall–Kier alpha value is -1.47. The van der Waals surface area contributed by atoms with Crippen LogP contribution in [0.3, 0.4) is 0 Å². The van der Waals surface area contributed by atoms with Crippen LogP contribution in [-0.2, 0) is 14.8 Å². The monoisotopic (exact) mass is 315 g/mol. The summed E-state index contributed by atoms with van der Waals surface area (Å²) in [5, 5.41) is 9.17. The summed E-state index contributed by atoms with van der Waals surface area (Å²) in [4.78, 5) is 11.1. The minimum absolute atomic E-state index is 0.0542. The third-order valence-corrected chi connectivity index (χ3v) is 6.15. The van der Waals surface area contributed by atoms with Crippen LogP contribution >= 0.6 is 0 Å². The summed E-state index contributed by atoms with van der Waals surface area (Å²) < 4.78 is 39.7. The Bertz CT molecular complexity index is 664. The van der Waals surface area contributed by atoms with Crippen LogP contribution in [0.4, 0.5) is 4.39 Å². The SMILES string of the molecule is Cc1ccc(F)cc1S(=O)(=O)N1CCC(C)(C(=O)O)CC1. The number of carbonyl (C=O) groups is 1. The fraction of sp³-hybridized carbons (Fsp3) is 0.500. The topological polar surface area (TPSA) is 74.7 Å². The molecule has 0 unspecified atom stereocenters. The van der Waals surface area contributed by atoms with Gasteiger partial charge in [0.15, 0.2) is 0 Å². The number of benzene rings is 1. The second-order valence-electron chi connectivity index (χ2n) is 5.68. The first-order valence-corrected chi connectivity index (χ1v) is 8.10. The third-order valence-electron chi connectivity index (χ3n) is 4.11. The van der Waals surface area contributed by atoms with Crippen molar-refractivity contribution in [3.63, 3.8) is 0 Å². The maximum Gasteiger partial charge on any atom is 0.309 e. The van der Waals surface area contributed by atoms with Crippen LogP contribution < -0.4 is 0 Å². The van der Waals surface area contributed by atoms with Crippen molar-refractivity contribution in [2.75, 3.05) is 13.1 Å². The maximum absolute atomic E-state index is 13.3. The molecule has 1 N–H and O–H groups in total. The fourth-order valence-electron chi connectivity index (χ4n) is 2.42. The van der Waals surface area contributed by atoms with Gasteiger partial charge >= 0.3 is 5.97 Å². The lowest BCUT2D eigenvalue weighted by atomic mass is 9.81. The molecule has 0 saturated carbocycles. The molecule has 5 nitrogen and oxygen atoms in total. The van der Waals surface area contributed by atoms with Crippen LogP contribution in [0.5, 0.6) is 0 Å². The van der Waals surface area contributed by atoms with Crippen molar-refractivity contribution in [3.8, 4) is 0 Å². The molecule has 0 bridgehead atoms. The van der Waals surface area contributed by atoms with Gasteiger partial charge in [-0.2, -0.15) is 4.31 Å². The molecule has 2 rings (SSSR count). The molecule has 1 fully saturated rings. The maximum atomic E-state index is 13.3. The summed E-state index contributed by atoms with van der Waals surface area (Å²) >= 11 is 0. The van der Waals surface area contributed by atoms with E-state index in [0.717, 1.165) is 6.07 Å². The lowest BCUT2D eigenvalue weighted by Crippen LogP contribution is -2.45. The number of sulfonamides is 1. The Kier molecular flexibility index (Phi) is 4.08. The lowest BCUT2D eigenvalue weighted by Gasteiger charge is -2.35. The number of hydrogen-bond donors (Lipinski definition) is 1. The van der Waals surface area contributed by atoms with Crippen LogP contribution in [0.1, 0.15) is 25.3 Å². The van der Waals surface area contributed by atoms with Gasteiger partial charge in [-0.3, -0.25) is 4.79 Å². The Labute approximate surface area is 123 Å². The number of nitrogens with zero attached hydrogens (tertiary/aromatic N) is 1. The first-order chi connectivity index (χ1) is 9.67. The van der Waals surface area contributed by atoms with Gasteiger partial charge < -0.3 is 5.11 Å². The van der Waals surface area contributed by atoms with E-state index in [1.54, 1.807) is 13.8 Å². The van der Waals surface area contributed by atoms with E-state index in [1.807, 2.05) is 0 Å². The van der Waals surface area contributed by atoms with E-state index >= 15 is 0 Å². The van der Waals surface area contributed by atoms with E-state index in [1.165, 1.54) is 16.4 Å². The van der Waals surface area contributed by atoms with Gasteiger partial charge in [-0.05, 0) is 44.4 Å². The summed E-state index contributed by atoms with van der Waals surface area (Å²) in [6, 6.07) is 3.65. The molecule has 0 radical (unpaired) electrons. The number of carboxylic acid groups (broad SMARTS) is 1. The molecule has 0 aliphatic carbocycles. The zero-order chi connectivity index (χ0) is 15.8. The van der Waals surface area contributed by atoms with E-state index in [-0.39, 0.29) is 30.8 Å². The molecular formula is C14H18FNO4S. The highest BCUT2D eigenvalue weighted by Gasteiger charge is 2.40. The van der Waals surface area contributed by atoms with E-state index < -0.39 is 27.2 Å². The van der Waals surface area contributed by atoms with Gasteiger partial charge in [0.1, 0.15) is 5.82 Å². The van der Waals surface area contributed by atoms with Gasteiger partial charge in [-0.1, -0.05) is 6.07 Å². The first-order valence-electron chi connectivity index (χ1n) is 6.66. The summed E-state index contributed by atoms with van der Waals surface area (Å²) in [6.07, 6.45) is 0.492. The highest BCUT2D eigenvalue weighted by Crippen LogP contribution is 2.34. The molecular weight excluding hydrogens is 297 g/mol. The van der Waals surface area contributed by atoms with Crippen LogP contribution in [0.2, 0.25) is 0 Å². The Morgan fingerprint density at radius 2 is 1.90 bits per heavy atom. The Balaban J connectivity index is 2.27. The largest absolute Gasteiger partial charge is 0.481 e. The van der Waals surface area contributed by atoms with E-state index in [0.29, 0.717) is 5.56 Å². The van der Waals surface area contributed by atoms with Gasteiger partial charge in [0, 0.05) is 13.1 Å². The number of halogens is 1. The van der Waals surface area contributed by atoms with E-state index in [9.17, 15) is 17.6 Å². The van der Waals surface area contributed by atoms with Crippen molar-refractivity contribution >= 4 is 16.0 Å². The van der Waals surface area contributed by atoms with Gasteiger partial charge in [0.25, 0.3) is 0 Å². The van der Waals surface area contributed by atoms with Crippen molar-refractivity contribution in [1.82, 2.24) is 4.31 Å². The van der Waals surface area contributed by atoms with Gasteiger partial charge in [-0.15, -0.1) is 0 Å². The summed E-state index contributed by atoms with van der Waals surface area (Å²) in [5.41, 5.74) is -0.425. The van der Waals surface area contributed by atoms with Crippen molar-refractivity contribution < 1.29 is 22.7 Å². The summed E-state index contributed by atoms with van der Waals surface area (Å²) in [7, 11) is -3.79. The molecule has 7 heteroatoms. The molecule has 0 spiro atoms. The molecule has 1 heterocycles. The number of piperidine rings is 1. The number of aliphatic carboxylic acids is 1. The predicted molar refractivity (Wildman–Crippen MR) is 74.9 cm³/mol. The minimum atomic E-state index is -3.79. The second-order valence-corrected chi connectivity index (χ2v) is 7.59. The Morgan fingerprint density at radius 1 is 1.33 bits per heavy atom. The smallest absolute Gasteiger partial charge is 0.309 e. The normalized spacial score (nSPS) is 19.4. The van der Waals surface area contributed by atoms with Gasteiger partial charge in [0.05, 0.1) is 10.3 Å². The Morgan fingerprint density at radius 3 is 2.43 bits per heavy atom. The fourth-order valence-corrected chi connectivity index (χ4v) is 4.10. The molecule has 1 aromatic carbocycles. The highest BCUT2D eigenvalue weighted by atomic mass is 32.2. The van der Waals surface area contributed by atoms with Crippen LogP contribution in [0, 0.1) is 18.2 Å². The molecule has 21 heavy (non-hydrogen) atoms. The second kappa shape index (κ2) is 5.38. The molecule has 0 atom stereocenters. The zero-order valence-electron chi connectivity index (χ0n) is 12.0. The number of carboxylic acids is 1. The van der Waals surface area contributed by atoms with Crippen LogP contribution in [0.25, 0.3) is 0 Å². The number of hydrogen-bond acceptors (Lipinski definition) is 3. The molecule has 0 aromatic heterocycles. The quantitative estimate of drug-likeness (QED) is 0.926. The van der Waals surface area contributed by atoms with Crippen molar-refractivity contribution in [1.29, 1.82) is 0 Å². The third kappa shape index (κ3) is 2.94. The first kappa shape index (κ1) is 15.9. The van der Waals surface area contributed by atoms with Crippen molar-refractivity contribution in [2.45, 2.75) is 31.6 Å². The highest BCUT2D eigenvalue weighted by molar-refractivity contribution is 7.89. The predicted octanol–water partition coefficient (Wildman–Crippen LogP) is 2.01. The van der Waals surface area contributed by atoms with Crippen LogP contribution in [0.15, 0.2) is 23.1 Å². The molecule has 0 amide bonds. The zero-order valence-corrected chi connectivity index (χ0v) is 12.8. The minimum Gasteiger partial charge on any atom is -0.481 e. The summed E-state index contributed by atoms with van der Waals surface area (Å²) in [5.74, 6) is -1.52. The lowest BCUT2D eigenvalue weighted by molar-refractivity contribution is -0.150. The standard InChI is InChI=1S/C14H18FNO4S/c1-10-3-4-11(15)9-12(10)21(19,20)16-7-5-14(2,6-8-16)13(17)18/h3-4,9H,5-8H2,1-2H3,(H,17,18). The number of aryl methyl sites for hydroxylation is 1. The van der Waals surface area contributed by atoms with Crippen molar-refractivity contribution in [2.24, 2.45) is 5.41 Å². The van der Waals surface area contributed by atoms with E-state index in [2.05, 4.69) is 0 Å².